The van der Waals surface area contributed by atoms with E-state index in [2.05, 4.69) is 53.6 Å². The van der Waals surface area contributed by atoms with Crippen molar-refractivity contribution in [2.24, 2.45) is 9.98 Å². The van der Waals surface area contributed by atoms with Gasteiger partial charge in [0.05, 0.1) is 17.9 Å². The van der Waals surface area contributed by atoms with Crippen molar-refractivity contribution in [1.29, 1.82) is 0 Å². The van der Waals surface area contributed by atoms with E-state index in [0.29, 0.717) is 0 Å². The zero-order valence-corrected chi connectivity index (χ0v) is 14.2. The number of hydrogen-bond donors (Lipinski definition) is 0. The van der Waals surface area contributed by atoms with Crippen LogP contribution in [0.2, 0.25) is 0 Å². The van der Waals surface area contributed by atoms with E-state index in [9.17, 15) is 0 Å². The van der Waals surface area contributed by atoms with Gasteiger partial charge in [0.15, 0.2) is 5.84 Å². The summed E-state index contributed by atoms with van der Waals surface area (Å²) < 4.78 is 0. The molecule has 0 fully saturated rings. The molecule has 124 valence electrons. The average Bonchev–Trinajstić information content (AvgIpc) is 2.73. The molecule has 2 aliphatic rings. The van der Waals surface area contributed by atoms with Gasteiger partial charge in [0.2, 0.25) is 0 Å². The molecule has 3 aromatic rings. The Morgan fingerprint density at radius 1 is 0.654 bits per heavy atom. The molecule has 0 N–H and O–H groups in total. The SMILES string of the molecule is C1=C(c2ccccc2)N=C(c2ccccc2)C2=Nc3ccccc3CN12. The van der Waals surface area contributed by atoms with Crippen LogP contribution in [0, 0.1) is 0 Å². The summed E-state index contributed by atoms with van der Waals surface area (Å²) in [6, 6.07) is 28.9. The monoisotopic (exact) mass is 335 g/mol. The highest BCUT2D eigenvalue weighted by Crippen LogP contribution is 2.32. The number of fused-ring (bicyclic) bond motifs is 2. The van der Waals surface area contributed by atoms with Crippen LogP contribution in [0.5, 0.6) is 0 Å². The summed E-state index contributed by atoms with van der Waals surface area (Å²) >= 11 is 0. The van der Waals surface area contributed by atoms with Gasteiger partial charge in [-0.1, -0.05) is 78.9 Å². The van der Waals surface area contributed by atoms with Gasteiger partial charge in [-0.15, -0.1) is 0 Å². The van der Waals surface area contributed by atoms with Crippen LogP contribution in [0.4, 0.5) is 5.69 Å². The molecule has 5 rings (SSSR count). The van der Waals surface area contributed by atoms with Crippen molar-refractivity contribution in [2.75, 3.05) is 0 Å². The van der Waals surface area contributed by atoms with E-state index in [4.69, 9.17) is 9.98 Å². The number of aliphatic imine (C=N–C) groups is 2. The fourth-order valence-corrected chi connectivity index (χ4v) is 3.37. The standard InChI is InChI=1S/C23H17N3/c1-3-9-17(10-4-1)21-16-26-15-19-13-7-8-14-20(19)25-23(26)22(24-21)18-11-5-2-6-12-18/h1-14,16H,15H2. The van der Waals surface area contributed by atoms with E-state index < -0.39 is 0 Å². The van der Waals surface area contributed by atoms with Crippen molar-refractivity contribution in [2.45, 2.75) is 6.54 Å². The molecule has 3 aromatic carbocycles. The number of amidine groups is 1. The Labute approximate surface area is 152 Å². The Morgan fingerprint density at radius 2 is 1.31 bits per heavy atom. The summed E-state index contributed by atoms with van der Waals surface area (Å²) in [6.07, 6.45) is 2.11. The number of benzene rings is 3. The zero-order valence-electron chi connectivity index (χ0n) is 14.2. The first kappa shape index (κ1) is 14.8. The van der Waals surface area contributed by atoms with E-state index in [-0.39, 0.29) is 0 Å². The fraction of sp³-hybridized carbons (Fsp3) is 0.0435. The second kappa shape index (κ2) is 6.12. The van der Waals surface area contributed by atoms with Gasteiger partial charge >= 0.3 is 0 Å². The first-order valence-electron chi connectivity index (χ1n) is 8.73. The van der Waals surface area contributed by atoms with Crippen LogP contribution in [0.15, 0.2) is 101 Å². The molecule has 0 bridgehead atoms. The lowest BCUT2D eigenvalue weighted by atomic mass is 10.0. The predicted octanol–water partition coefficient (Wildman–Crippen LogP) is 5.03. The van der Waals surface area contributed by atoms with Crippen LogP contribution in [0.3, 0.4) is 0 Å². The van der Waals surface area contributed by atoms with Crippen molar-refractivity contribution in [1.82, 2.24) is 4.90 Å². The molecular formula is C23H17N3. The fourth-order valence-electron chi connectivity index (χ4n) is 3.37. The molecule has 0 saturated heterocycles. The topological polar surface area (TPSA) is 28.0 Å². The average molecular weight is 335 g/mol. The van der Waals surface area contributed by atoms with Crippen molar-refractivity contribution in [3.05, 3.63) is 108 Å². The molecule has 26 heavy (non-hydrogen) atoms. The number of nitrogens with zero attached hydrogens (tertiary/aromatic N) is 3. The van der Waals surface area contributed by atoms with E-state index in [0.717, 1.165) is 40.6 Å². The van der Waals surface area contributed by atoms with E-state index >= 15 is 0 Å². The Balaban J connectivity index is 1.69. The second-order valence-corrected chi connectivity index (χ2v) is 6.40. The summed E-state index contributed by atoms with van der Waals surface area (Å²) in [5.74, 6) is 0.912. The molecule has 2 heterocycles. The van der Waals surface area contributed by atoms with Crippen molar-refractivity contribution in [3.63, 3.8) is 0 Å². The summed E-state index contributed by atoms with van der Waals surface area (Å²) in [6.45, 7) is 0.803. The van der Waals surface area contributed by atoms with Crippen LogP contribution in [-0.4, -0.2) is 16.4 Å². The number of hydrogen-bond acceptors (Lipinski definition) is 3. The summed E-state index contributed by atoms with van der Waals surface area (Å²) in [4.78, 5) is 12.1. The van der Waals surface area contributed by atoms with Crippen LogP contribution < -0.4 is 0 Å². The lowest BCUT2D eigenvalue weighted by molar-refractivity contribution is 0.549. The van der Waals surface area contributed by atoms with E-state index in [1.54, 1.807) is 0 Å². The molecule has 0 aliphatic carbocycles. The first-order valence-corrected chi connectivity index (χ1v) is 8.73. The molecule has 0 atom stereocenters. The largest absolute Gasteiger partial charge is 0.325 e. The third kappa shape index (κ3) is 2.54. The van der Waals surface area contributed by atoms with Crippen LogP contribution in [0.25, 0.3) is 5.70 Å². The smallest absolute Gasteiger partial charge is 0.160 e. The highest BCUT2D eigenvalue weighted by Gasteiger charge is 2.27. The molecule has 0 spiro atoms. The zero-order chi connectivity index (χ0) is 17.3. The molecule has 0 unspecified atom stereocenters. The third-order valence-electron chi connectivity index (χ3n) is 4.67. The van der Waals surface area contributed by atoms with Crippen molar-refractivity contribution >= 4 is 22.9 Å². The molecule has 0 saturated carbocycles. The maximum absolute atomic E-state index is 4.98. The van der Waals surface area contributed by atoms with Gasteiger partial charge in [0.25, 0.3) is 0 Å². The maximum atomic E-state index is 4.98. The second-order valence-electron chi connectivity index (χ2n) is 6.40. The Morgan fingerprint density at radius 3 is 2.08 bits per heavy atom. The molecule has 3 nitrogen and oxygen atoms in total. The van der Waals surface area contributed by atoms with Gasteiger partial charge in [-0.2, -0.15) is 0 Å². The van der Waals surface area contributed by atoms with Crippen LogP contribution in [0.1, 0.15) is 16.7 Å². The summed E-state index contributed by atoms with van der Waals surface area (Å²) in [5, 5.41) is 0. The molecule has 0 radical (unpaired) electrons. The lowest BCUT2D eigenvalue weighted by Crippen LogP contribution is -2.37. The number of para-hydroxylation sites is 1. The molecular weight excluding hydrogens is 318 g/mol. The summed E-state index contributed by atoms with van der Waals surface area (Å²) in [5.41, 5.74) is 6.33. The van der Waals surface area contributed by atoms with E-state index in [1.165, 1.54) is 5.56 Å². The summed E-state index contributed by atoms with van der Waals surface area (Å²) in [7, 11) is 0. The van der Waals surface area contributed by atoms with Gasteiger partial charge in [-0.3, -0.25) is 0 Å². The quantitative estimate of drug-likeness (QED) is 0.645. The molecule has 0 aromatic heterocycles. The minimum absolute atomic E-state index is 0.803. The minimum Gasteiger partial charge on any atom is -0.325 e. The highest BCUT2D eigenvalue weighted by atomic mass is 15.2. The Bertz CT molecular complexity index is 1050. The highest BCUT2D eigenvalue weighted by molar-refractivity contribution is 6.49. The minimum atomic E-state index is 0.803. The van der Waals surface area contributed by atoms with Crippen molar-refractivity contribution in [3.8, 4) is 0 Å². The lowest BCUT2D eigenvalue weighted by Gasteiger charge is -2.31. The van der Waals surface area contributed by atoms with Crippen LogP contribution in [-0.2, 0) is 6.54 Å². The molecule has 3 heteroatoms. The van der Waals surface area contributed by atoms with Gasteiger partial charge in [-0.05, 0) is 11.6 Å². The first-order chi connectivity index (χ1) is 12.9. The normalized spacial score (nSPS) is 15.4. The van der Waals surface area contributed by atoms with Gasteiger partial charge in [0.1, 0.15) is 5.71 Å². The maximum Gasteiger partial charge on any atom is 0.160 e. The Kier molecular flexibility index (Phi) is 3.49. The Hall–Kier alpha value is -3.46. The molecule has 0 amide bonds. The van der Waals surface area contributed by atoms with Gasteiger partial charge in [-0.25, -0.2) is 9.98 Å². The van der Waals surface area contributed by atoms with Gasteiger partial charge in [0, 0.05) is 17.3 Å². The molecule has 2 aliphatic heterocycles. The van der Waals surface area contributed by atoms with E-state index in [1.807, 2.05) is 42.5 Å². The predicted molar refractivity (Wildman–Crippen MR) is 106 cm³/mol. The van der Waals surface area contributed by atoms with Gasteiger partial charge < -0.3 is 4.90 Å². The van der Waals surface area contributed by atoms with Crippen LogP contribution >= 0.6 is 0 Å². The van der Waals surface area contributed by atoms with Crippen molar-refractivity contribution < 1.29 is 0 Å². The third-order valence-corrected chi connectivity index (χ3v) is 4.67. The number of rotatable bonds is 2.